The molecule has 1 aromatic carbocycles. The van der Waals surface area contributed by atoms with E-state index < -0.39 is 17.7 Å². The Morgan fingerprint density at radius 2 is 2.04 bits per heavy atom. The van der Waals surface area contributed by atoms with Gasteiger partial charge in [0.2, 0.25) is 0 Å². The van der Waals surface area contributed by atoms with Crippen LogP contribution in [-0.4, -0.2) is 23.6 Å². The van der Waals surface area contributed by atoms with Crippen LogP contribution in [0, 0.1) is 5.82 Å². The maximum atomic E-state index is 13.7. The lowest BCUT2D eigenvalue weighted by Crippen LogP contribution is -2.11. The third kappa shape index (κ3) is 3.68. The van der Waals surface area contributed by atoms with Crippen molar-refractivity contribution in [2.75, 3.05) is 11.9 Å². The average molecular weight is 321 g/mol. The zero-order valence-corrected chi connectivity index (χ0v) is 12.7. The standard InChI is InChI=1S/C16H16FNO5/c1-3-12-10(16(20)21)8-14(23-12)15(19)18-9-5-6-13(22-4-2)11(17)7-9/h5-8H,3-4H2,1-2H3,(H,18,19)(H,20,21). The van der Waals surface area contributed by atoms with Crippen molar-refractivity contribution in [2.45, 2.75) is 20.3 Å². The first kappa shape index (κ1) is 16.5. The van der Waals surface area contributed by atoms with Gasteiger partial charge in [0, 0.05) is 24.2 Å². The van der Waals surface area contributed by atoms with Crippen molar-refractivity contribution in [1.29, 1.82) is 0 Å². The first-order valence-corrected chi connectivity index (χ1v) is 7.06. The molecular formula is C16H16FNO5. The Labute approximate surface area is 131 Å². The number of nitrogens with one attached hydrogen (secondary N) is 1. The van der Waals surface area contributed by atoms with Crippen molar-refractivity contribution in [3.05, 3.63) is 47.2 Å². The fraction of sp³-hybridized carbons (Fsp3) is 0.250. The van der Waals surface area contributed by atoms with Crippen LogP contribution in [0.1, 0.15) is 40.5 Å². The molecule has 0 bridgehead atoms. The second kappa shape index (κ2) is 6.95. The van der Waals surface area contributed by atoms with Crippen molar-refractivity contribution >= 4 is 17.6 Å². The van der Waals surface area contributed by atoms with E-state index in [1.165, 1.54) is 12.1 Å². The number of hydrogen-bond acceptors (Lipinski definition) is 4. The van der Waals surface area contributed by atoms with Gasteiger partial charge < -0.3 is 19.6 Å². The summed E-state index contributed by atoms with van der Waals surface area (Å²) in [5.41, 5.74) is 0.151. The molecule has 6 nitrogen and oxygen atoms in total. The smallest absolute Gasteiger partial charge is 0.339 e. The molecule has 0 fully saturated rings. The molecule has 0 aliphatic heterocycles. The van der Waals surface area contributed by atoms with Crippen LogP contribution in [-0.2, 0) is 6.42 Å². The Kier molecular flexibility index (Phi) is 5.00. The number of hydrogen-bond donors (Lipinski definition) is 2. The molecule has 1 heterocycles. The van der Waals surface area contributed by atoms with Crippen LogP contribution in [0.4, 0.5) is 10.1 Å². The summed E-state index contributed by atoms with van der Waals surface area (Å²) in [7, 11) is 0. The molecule has 1 amide bonds. The normalized spacial score (nSPS) is 10.4. The first-order chi connectivity index (χ1) is 11.0. The Morgan fingerprint density at radius 1 is 1.30 bits per heavy atom. The zero-order valence-electron chi connectivity index (χ0n) is 12.7. The number of carboxylic acids is 1. The van der Waals surface area contributed by atoms with Gasteiger partial charge in [0.25, 0.3) is 5.91 Å². The molecular weight excluding hydrogens is 305 g/mol. The van der Waals surface area contributed by atoms with Crippen molar-refractivity contribution < 1.29 is 28.2 Å². The number of carboxylic acid groups (broad SMARTS) is 1. The number of halogens is 1. The Bertz CT molecular complexity index is 738. The van der Waals surface area contributed by atoms with Gasteiger partial charge in [-0.3, -0.25) is 4.79 Å². The van der Waals surface area contributed by atoms with E-state index in [0.29, 0.717) is 13.0 Å². The van der Waals surface area contributed by atoms with E-state index >= 15 is 0 Å². The number of ether oxygens (including phenoxy) is 1. The fourth-order valence-electron chi connectivity index (χ4n) is 2.03. The molecule has 0 radical (unpaired) electrons. The molecule has 122 valence electrons. The number of amides is 1. The minimum atomic E-state index is -1.17. The van der Waals surface area contributed by atoms with Gasteiger partial charge in [-0.25, -0.2) is 9.18 Å². The molecule has 1 aromatic heterocycles. The summed E-state index contributed by atoms with van der Waals surface area (Å²) in [5, 5.41) is 11.5. The van der Waals surface area contributed by atoms with Gasteiger partial charge in [-0.05, 0) is 19.1 Å². The maximum Gasteiger partial charge on any atom is 0.339 e. The highest BCUT2D eigenvalue weighted by atomic mass is 19.1. The molecule has 0 spiro atoms. The number of rotatable bonds is 6. The van der Waals surface area contributed by atoms with Gasteiger partial charge in [0.05, 0.1) is 6.61 Å². The van der Waals surface area contributed by atoms with Crippen molar-refractivity contribution in [1.82, 2.24) is 0 Å². The third-order valence-electron chi connectivity index (χ3n) is 3.07. The van der Waals surface area contributed by atoms with Gasteiger partial charge in [-0.1, -0.05) is 6.92 Å². The second-order valence-corrected chi connectivity index (χ2v) is 4.64. The summed E-state index contributed by atoms with van der Waals surface area (Å²) in [4.78, 5) is 23.2. The lowest BCUT2D eigenvalue weighted by molar-refractivity contribution is 0.0694. The van der Waals surface area contributed by atoms with Gasteiger partial charge in [0.1, 0.15) is 11.3 Å². The molecule has 0 saturated carbocycles. The van der Waals surface area contributed by atoms with E-state index in [0.717, 1.165) is 12.1 Å². The van der Waals surface area contributed by atoms with Gasteiger partial charge in [0.15, 0.2) is 17.3 Å². The summed E-state index contributed by atoms with van der Waals surface area (Å²) in [5.74, 6) is -2.28. The number of furan rings is 1. The Hall–Kier alpha value is -2.83. The largest absolute Gasteiger partial charge is 0.491 e. The SMILES string of the molecule is CCOc1ccc(NC(=O)c2cc(C(=O)O)c(CC)o2)cc1F. The zero-order chi connectivity index (χ0) is 17.0. The highest BCUT2D eigenvalue weighted by molar-refractivity contribution is 6.04. The summed E-state index contributed by atoms with van der Waals surface area (Å²) >= 11 is 0. The predicted octanol–water partition coefficient (Wildman–Crippen LogP) is 3.33. The second-order valence-electron chi connectivity index (χ2n) is 4.64. The molecule has 0 aliphatic carbocycles. The van der Waals surface area contributed by atoms with E-state index in [1.54, 1.807) is 13.8 Å². The van der Waals surface area contributed by atoms with E-state index in [-0.39, 0.29) is 28.5 Å². The number of anilines is 1. The van der Waals surface area contributed by atoms with E-state index in [1.807, 2.05) is 0 Å². The molecule has 0 saturated heterocycles. The molecule has 0 unspecified atom stereocenters. The molecule has 2 N–H and O–H groups in total. The molecule has 0 atom stereocenters. The van der Waals surface area contributed by atoms with Crippen LogP contribution in [0.2, 0.25) is 0 Å². The lowest BCUT2D eigenvalue weighted by atomic mass is 10.2. The highest BCUT2D eigenvalue weighted by Gasteiger charge is 2.20. The third-order valence-corrected chi connectivity index (χ3v) is 3.07. The van der Waals surface area contributed by atoms with Crippen LogP contribution >= 0.6 is 0 Å². The summed E-state index contributed by atoms with van der Waals surface area (Å²) in [6.07, 6.45) is 0.340. The van der Waals surface area contributed by atoms with E-state index in [4.69, 9.17) is 14.3 Å². The fourth-order valence-corrected chi connectivity index (χ4v) is 2.03. The Balaban J connectivity index is 2.19. The quantitative estimate of drug-likeness (QED) is 0.852. The Morgan fingerprint density at radius 3 is 2.57 bits per heavy atom. The minimum absolute atomic E-state index is 0.0597. The van der Waals surface area contributed by atoms with E-state index in [2.05, 4.69) is 5.32 Å². The van der Waals surface area contributed by atoms with Crippen molar-refractivity contribution in [3.8, 4) is 5.75 Å². The highest BCUT2D eigenvalue weighted by Crippen LogP contribution is 2.22. The van der Waals surface area contributed by atoms with Crippen LogP contribution in [0.5, 0.6) is 5.75 Å². The molecule has 0 aliphatic rings. The number of aryl methyl sites for hydroxylation is 1. The van der Waals surface area contributed by atoms with E-state index in [9.17, 15) is 14.0 Å². The first-order valence-electron chi connectivity index (χ1n) is 7.06. The van der Waals surface area contributed by atoms with Gasteiger partial charge in [-0.2, -0.15) is 0 Å². The van der Waals surface area contributed by atoms with Gasteiger partial charge >= 0.3 is 5.97 Å². The number of benzene rings is 1. The lowest BCUT2D eigenvalue weighted by Gasteiger charge is -2.07. The molecule has 2 rings (SSSR count). The van der Waals surface area contributed by atoms with Crippen LogP contribution in [0.3, 0.4) is 0 Å². The minimum Gasteiger partial charge on any atom is -0.491 e. The molecule has 7 heteroatoms. The van der Waals surface area contributed by atoms with Gasteiger partial charge in [-0.15, -0.1) is 0 Å². The summed E-state index contributed by atoms with van der Waals surface area (Å²) in [6.45, 7) is 3.78. The average Bonchev–Trinajstić information content (AvgIpc) is 2.95. The van der Waals surface area contributed by atoms with Crippen molar-refractivity contribution in [3.63, 3.8) is 0 Å². The van der Waals surface area contributed by atoms with Crippen LogP contribution in [0.25, 0.3) is 0 Å². The summed E-state index contributed by atoms with van der Waals surface area (Å²) in [6, 6.07) is 5.15. The monoisotopic (exact) mass is 321 g/mol. The van der Waals surface area contributed by atoms with Crippen LogP contribution in [0.15, 0.2) is 28.7 Å². The molecule has 23 heavy (non-hydrogen) atoms. The van der Waals surface area contributed by atoms with Crippen LogP contribution < -0.4 is 10.1 Å². The number of carbonyl (C=O) groups is 2. The maximum absolute atomic E-state index is 13.7. The molecule has 2 aromatic rings. The topological polar surface area (TPSA) is 88.8 Å². The predicted molar refractivity (Wildman–Crippen MR) is 80.6 cm³/mol. The van der Waals surface area contributed by atoms with Crippen molar-refractivity contribution in [2.24, 2.45) is 0 Å². The number of carbonyl (C=O) groups excluding carboxylic acids is 1. The summed E-state index contributed by atoms with van der Waals surface area (Å²) < 4.78 is 24.1. The number of aromatic carboxylic acids is 1.